The zero-order valence-corrected chi connectivity index (χ0v) is 13.5. The molecule has 2 rings (SSSR count). The number of amides is 2. The lowest BCUT2D eigenvalue weighted by Gasteiger charge is -2.24. The minimum Gasteiger partial charge on any atom is -0.391 e. The van der Waals surface area contributed by atoms with Crippen molar-refractivity contribution in [2.75, 3.05) is 13.6 Å². The first kappa shape index (κ1) is 16.8. The van der Waals surface area contributed by atoms with Gasteiger partial charge < -0.3 is 15.3 Å². The topological polar surface area (TPSA) is 69.6 Å². The lowest BCUT2D eigenvalue weighted by molar-refractivity contribution is -0.132. The van der Waals surface area contributed by atoms with Gasteiger partial charge in [0, 0.05) is 24.2 Å². The van der Waals surface area contributed by atoms with Crippen LogP contribution < -0.4 is 5.32 Å². The minimum absolute atomic E-state index is 0.220. The Balaban J connectivity index is 1.86. The summed E-state index contributed by atoms with van der Waals surface area (Å²) >= 11 is 5.78. The number of rotatable bonds is 6. The highest BCUT2D eigenvalue weighted by Gasteiger charge is 2.32. The molecule has 1 aromatic rings. The van der Waals surface area contributed by atoms with E-state index in [0.29, 0.717) is 23.0 Å². The van der Waals surface area contributed by atoms with Crippen molar-refractivity contribution in [2.45, 2.75) is 31.9 Å². The fourth-order valence-electron chi connectivity index (χ4n) is 2.27. The monoisotopic (exact) mass is 324 g/mol. The molecule has 0 saturated heterocycles. The van der Waals surface area contributed by atoms with Crippen molar-refractivity contribution in [3.63, 3.8) is 0 Å². The summed E-state index contributed by atoms with van der Waals surface area (Å²) in [7, 11) is 1.64. The summed E-state index contributed by atoms with van der Waals surface area (Å²) in [5.74, 6) is -0.232. The van der Waals surface area contributed by atoms with Crippen molar-refractivity contribution >= 4 is 23.4 Å². The van der Waals surface area contributed by atoms with Gasteiger partial charge in [0.05, 0.1) is 6.10 Å². The first-order valence-corrected chi connectivity index (χ1v) is 7.75. The molecule has 1 saturated carbocycles. The van der Waals surface area contributed by atoms with E-state index in [1.807, 2.05) is 0 Å². The number of benzene rings is 1. The Bertz CT molecular complexity index is 543. The van der Waals surface area contributed by atoms with E-state index in [4.69, 9.17) is 11.6 Å². The number of nitrogens with zero attached hydrogens (tertiary/aromatic N) is 1. The van der Waals surface area contributed by atoms with E-state index >= 15 is 0 Å². The van der Waals surface area contributed by atoms with Gasteiger partial charge in [-0.25, -0.2) is 0 Å². The molecule has 0 radical (unpaired) electrons. The summed E-state index contributed by atoms with van der Waals surface area (Å²) in [5, 5.41) is 13.1. The molecule has 1 fully saturated rings. The molecule has 0 aliphatic heterocycles. The maximum atomic E-state index is 12.2. The zero-order chi connectivity index (χ0) is 16.3. The Kier molecular flexibility index (Phi) is 5.42. The smallest absolute Gasteiger partial charge is 0.251 e. The summed E-state index contributed by atoms with van der Waals surface area (Å²) in [6.45, 7) is 1.93. The molecule has 0 spiro atoms. The van der Waals surface area contributed by atoms with Gasteiger partial charge in [-0.05, 0) is 49.9 Å². The second-order valence-electron chi connectivity index (χ2n) is 5.83. The second kappa shape index (κ2) is 7.11. The molecule has 6 heteroatoms. The van der Waals surface area contributed by atoms with Gasteiger partial charge in [0.15, 0.2) is 0 Å². The van der Waals surface area contributed by atoms with Crippen LogP contribution in [0, 0.1) is 5.92 Å². The molecule has 120 valence electrons. The molecular weight excluding hydrogens is 304 g/mol. The number of aliphatic hydroxyl groups excluding tert-OH is 1. The van der Waals surface area contributed by atoms with Crippen LogP contribution in [0.15, 0.2) is 24.3 Å². The number of likely N-dealkylation sites (N-methyl/N-ethyl adjacent to an activating group) is 1. The number of aliphatic hydroxyl groups is 1. The highest BCUT2D eigenvalue weighted by Crippen LogP contribution is 2.32. The van der Waals surface area contributed by atoms with Gasteiger partial charge in [-0.15, -0.1) is 0 Å². The average molecular weight is 325 g/mol. The van der Waals surface area contributed by atoms with Gasteiger partial charge >= 0.3 is 0 Å². The molecule has 22 heavy (non-hydrogen) atoms. The number of hydrogen-bond acceptors (Lipinski definition) is 3. The second-order valence-corrected chi connectivity index (χ2v) is 6.26. The van der Waals surface area contributed by atoms with Crippen LogP contribution in [0.1, 0.15) is 30.1 Å². The van der Waals surface area contributed by atoms with Crippen LogP contribution in [-0.4, -0.2) is 47.6 Å². The fourth-order valence-corrected chi connectivity index (χ4v) is 2.40. The third kappa shape index (κ3) is 4.45. The van der Waals surface area contributed by atoms with Crippen LogP contribution in [0.25, 0.3) is 0 Å². The predicted octanol–water partition coefficient (Wildman–Crippen LogP) is 1.69. The Hall–Kier alpha value is -1.59. The van der Waals surface area contributed by atoms with Gasteiger partial charge in [-0.3, -0.25) is 9.59 Å². The van der Waals surface area contributed by atoms with E-state index in [0.717, 1.165) is 12.8 Å². The highest BCUT2D eigenvalue weighted by atomic mass is 35.5. The number of nitrogens with one attached hydrogen (secondary N) is 1. The predicted molar refractivity (Wildman–Crippen MR) is 84.7 cm³/mol. The minimum atomic E-state index is -0.653. The van der Waals surface area contributed by atoms with Gasteiger partial charge in [-0.1, -0.05) is 11.6 Å². The molecule has 2 unspecified atom stereocenters. The molecule has 0 aromatic heterocycles. The Morgan fingerprint density at radius 2 is 1.95 bits per heavy atom. The van der Waals surface area contributed by atoms with E-state index in [9.17, 15) is 14.7 Å². The van der Waals surface area contributed by atoms with Crippen molar-refractivity contribution in [3.8, 4) is 0 Å². The van der Waals surface area contributed by atoms with E-state index in [1.54, 1.807) is 38.2 Å². The van der Waals surface area contributed by atoms with E-state index in [2.05, 4.69) is 5.32 Å². The largest absolute Gasteiger partial charge is 0.391 e. The first-order valence-electron chi connectivity index (χ1n) is 7.38. The molecule has 1 aliphatic rings. The van der Waals surface area contributed by atoms with E-state index in [-0.39, 0.29) is 11.8 Å². The lowest BCUT2D eigenvalue weighted by Crippen LogP contribution is -2.47. The molecule has 1 aromatic carbocycles. The van der Waals surface area contributed by atoms with Crippen molar-refractivity contribution in [1.82, 2.24) is 10.2 Å². The summed E-state index contributed by atoms with van der Waals surface area (Å²) in [6.07, 6.45) is 1.56. The van der Waals surface area contributed by atoms with E-state index in [1.165, 1.54) is 4.90 Å². The van der Waals surface area contributed by atoms with Gasteiger partial charge in [0.1, 0.15) is 6.04 Å². The van der Waals surface area contributed by atoms with Crippen LogP contribution in [0.2, 0.25) is 5.02 Å². The molecule has 1 aliphatic carbocycles. The quantitative estimate of drug-likeness (QED) is 0.836. The molecule has 5 nitrogen and oxygen atoms in total. The summed E-state index contributed by atoms with van der Waals surface area (Å²) < 4.78 is 0. The van der Waals surface area contributed by atoms with Crippen molar-refractivity contribution in [1.29, 1.82) is 0 Å². The van der Waals surface area contributed by atoms with Crippen LogP contribution in [0.5, 0.6) is 0 Å². The molecule has 2 atom stereocenters. The summed E-state index contributed by atoms with van der Waals surface area (Å²) in [6, 6.07) is 5.81. The Morgan fingerprint density at radius 3 is 2.50 bits per heavy atom. The molecule has 2 N–H and O–H groups in total. The first-order chi connectivity index (χ1) is 10.4. The van der Waals surface area contributed by atoms with Crippen molar-refractivity contribution in [2.24, 2.45) is 5.92 Å². The zero-order valence-electron chi connectivity index (χ0n) is 12.8. The Labute approximate surface area is 135 Å². The third-order valence-corrected chi connectivity index (χ3v) is 4.08. The molecule has 0 heterocycles. The average Bonchev–Trinajstić information content (AvgIpc) is 3.31. The van der Waals surface area contributed by atoms with E-state index < -0.39 is 12.1 Å². The summed E-state index contributed by atoms with van der Waals surface area (Å²) in [5.41, 5.74) is 0.449. The maximum Gasteiger partial charge on any atom is 0.251 e. The Morgan fingerprint density at radius 1 is 1.36 bits per heavy atom. The maximum absolute atomic E-state index is 12.2. The van der Waals surface area contributed by atoms with Crippen LogP contribution in [0.4, 0.5) is 0 Å². The molecule has 0 bridgehead atoms. The number of carbonyl (C=O) groups excluding carboxylic acids is 2. The lowest BCUT2D eigenvalue weighted by atomic mass is 10.2. The number of hydrogen-bond donors (Lipinski definition) is 2. The fraction of sp³-hybridized carbons (Fsp3) is 0.500. The standard InChI is InChI=1S/C16H21ClN2O3/c1-10(16(22)19(2)9-14(20)11-3-4-11)18-15(21)12-5-7-13(17)8-6-12/h5-8,10-11,14,20H,3-4,9H2,1-2H3,(H,18,21). The van der Waals surface area contributed by atoms with Crippen molar-refractivity contribution < 1.29 is 14.7 Å². The van der Waals surface area contributed by atoms with Gasteiger partial charge in [-0.2, -0.15) is 0 Å². The van der Waals surface area contributed by atoms with Gasteiger partial charge in [0.2, 0.25) is 5.91 Å². The van der Waals surface area contributed by atoms with Crippen molar-refractivity contribution in [3.05, 3.63) is 34.9 Å². The number of carbonyl (C=O) groups is 2. The molecular formula is C16H21ClN2O3. The van der Waals surface area contributed by atoms with Gasteiger partial charge in [0.25, 0.3) is 5.91 Å². The highest BCUT2D eigenvalue weighted by molar-refractivity contribution is 6.30. The van der Waals surface area contributed by atoms with Crippen LogP contribution in [0.3, 0.4) is 0 Å². The molecule has 2 amide bonds. The third-order valence-electron chi connectivity index (χ3n) is 3.83. The van der Waals surface area contributed by atoms with Crippen LogP contribution >= 0.6 is 11.6 Å². The normalized spacial score (nSPS) is 16.7. The van der Waals surface area contributed by atoms with Crippen LogP contribution in [-0.2, 0) is 4.79 Å². The SMILES string of the molecule is CC(NC(=O)c1ccc(Cl)cc1)C(=O)N(C)CC(O)C1CC1. The summed E-state index contributed by atoms with van der Waals surface area (Å²) in [4.78, 5) is 25.7. The number of halogens is 1.